The molecule has 0 bridgehead atoms. The Balaban J connectivity index is 1.86. The van der Waals surface area contributed by atoms with Crippen LogP contribution in [0.25, 0.3) is 5.57 Å². The predicted octanol–water partition coefficient (Wildman–Crippen LogP) is 4.05. The molecule has 2 heterocycles. The molecule has 1 aromatic rings. The summed E-state index contributed by atoms with van der Waals surface area (Å²) in [4.78, 5) is 40.3. The minimum atomic E-state index is -0.997. The summed E-state index contributed by atoms with van der Waals surface area (Å²) in [7, 11) is 0. The molecule has 0 aliphatic carbocycles. The number of hydrogen-bond acceptors (Lipinski definition) is 5. The molecule has 1 fully saturated rings. The number of thioether (sulfide) groups is 1. The van der Waals surface area contributed by atoms with Gasteiger partial charge in [-0.3, -0.25) is 19.3 Å². The largest absolute Gasteiger partial charge is 0.481 e. The zero-order valence-electron chi connectivity index (χ0n) is 16.3. The molecule has 1 saturated heterocycles. The van der Waals surface area contributed by atoms with E-state index < -0.39 is 5.97 Å². The van der Waals surface area contributed by atoms with E-state index in [0.29, 0.717) is 21.3 Å². The molecule has 0 aromatic heterocycles. The zero-order chi connectivity index (χ0) is 21.0. The molecule has 3 rings (SSSR count). The van der Waals surface area contributed by atoms with Crippen LogP contribution in [0, 0.1) is 0 Å². The van der Waals surface area contributed by atoms with E-state index >= 15 is 0 Å². The minimum Gasteiger partial charge on any atom is -0.481 e. The number of rotatable bonds is 9. The summed E-state index contributed by atoms with van der Waals surface area (Å²) in [6.07, 6.45) is 5.28. The Hall–Kier alpha value is -2.19. The molecular formula is C21H24N2O4S2. The van der Waals surface area contributed by atoms with E-state index in [-0.39, 0.29) is 24.8 Å². The third-order valence-corrected chi connectivity index (χ3v) is 6.48. The highest BCUT2D eigenvalue weighted by Gasteiger charge is 2.41. The summed E-state index contributed by atoms with van der Waals surface area (Å²) in [6.45, 7) is 2.79. The number of anilines is 1. The van der Waals surface area contributed by atoms with Crippen molar-refractivity contribution in [3.63, 3.8) is 0 Å². The second-order valence-corrected chi connectivity index (χ2v) is 8.70. The second-order valence-electron chi connectivity index (χ2n) is 7.06. The molecule has 2 aliphatic heterocycles. The molecule has 0 unspecified atom stereocenters. The number of fused-ring (bicyclic) bond motifs is 1. The van der Waals surface area contributed by atoms with Crippen molar-refractivity contribution in [1.29, 1.82) is 0 Å². The number of unbranched alkanes of at least 4 members (excludes halogenated alkanes) is 4. The van der Waals surface area contributed by atoms with Crippen LogP contribution in [-0.2, 0) is 14.4 Å². The SMILES string of the molecule is CCCCCCCN1C(=O)/C(=C2/SC(=S)N(CCC(=O)O)C2=O)c2ccccc21. The van der Waals surface area contributed by atoms with Crippen molar-refractivity contribution in [2.45, 2.75) is 45.4 Å². The smallest absolute Gasteiger partial charge is 0.305 e. The number of amides is 2. The number of aliphatic carboxylic acids is 1. The first-order valence-corrected chi connectivity index (χ1v) is 11.1. The maximum absolute atomic E-state index is 13.2. The first-order chi connectivity index (χ1) is 14.0. The van der Waals surface area contributed by atoms with Gasteiger partial charge in [-0.25, -0.2) is 0 Å². The van der Waals surface area contributed by atoms with Crippen LogP contribution in [0.3, 0.4) is 0 Å². The van der Waals surface area contributed by atoms with E-state index in [1.54, 1.807) is 4.90 Å². The second kappa shape index (κ2) is 9.54. The Morgan fingerprint density at radius 3 is 2.48 bits per heavy atom. The first-order valence-electron chi connectivity index (χ1n) is 9.86. The summed E-state index contributed by atoms with van der Waals surface area (Å²) in [5.41, 5.74) is 1.94. The van der Waals surface area contributed by atoms with Crippen molar-refractivity contribution in [3.05, 3.63) is 34.7 Å². The van der Waals surface area contributed by atoms with E-state index in [1.807, 2.05) is 24.3 Å². The van der Waals surface area contributed by atoms with Gasteiger partial charge >= 0.3 is 5.97 Å². The summed E-state index contributed by atoms with van der Waals surface area (Å²) < 4.78 is 0.294. The molecule has 1 aromatic carbocycles. The van der Waals surface area contributed by atoms with Crippen molar-refractivity contribution in [2.75, 3.05) is 18.0 Å². The van der Waals surface area contributed by atoms with Gasteiger partial charge in [-0.1, -0.05) is 74.8 Å². The van der Waals surface area contributed by atoms with Crippen LogP contribution in [0.4, 0.5) is 5.69 Å². The van der Waals surface area contributed by atoms with Gasteiger partial charge in [0.15, 0.2) is 0 Å². The lowest BCUT2D eigenvalue weighted by molar-refractivity contribution is -0.137. The Morgan fingerprint density at radius 2 is 1.76 bits per heavy atom. The van der Waals surface area contributed by atoms with E-state index in [4.69, 9.17) is 17.3 Å². The summed E-state index contributed by atoms with van der Waals surface area (Å²) in [5.74, 6) is -1.56. The number of hydrogen-bond donors (Lipinski definition) is 1. The normalized spacial score (nSPS) is 18.7. The first kappa shape index (κ1) is 21.5. The highest BCUT2D eigenvalue weighted by molar-refractivity contribution is 8.26. The molecule has 0 spiro atoms. The van der Waals surface area contributed by atoms with E-state index in [9.17, 15) is 14.4 Å². The van der Waals surface area contributed by atoms with Gasteiger partial charge in [0.05, 0.1) is 22.6 Å². The Kier molecular flexibility index (Phi) is 7.08. The van der Waals surface area contributed by atoms with Crippen LogP contribution in [0.2, 0.25) is 0 Å². The lowest BCUT2D eigenvalue weighted by Crippen LogP contribution is -2.31. The van der Waals surface area contributed by atoms with Gasteiger partial charge < -0.3 is 10.0 Å². The summed E-state index contributed by atoms with van der Waals surface area (Å²) in [6, 6.07) is 7.49. The average molecular weight is 433 g/mol. The van der Waals surface area contributed by atoms with Crippen LogP contribution in [0.15, 0.2) is 29.2 Å². The lowest BCUT2D eigenvalue weighted by Gasteiger charge is -2.17. The number of benzene rings is 1. The Labute approximate surface area is 179 Å². The number of thiocarbonyl (C=S) groups is 1. The van der Waals surface area contributed by atoms with Crippen molar-refractivity contribution in [3.8, 4) is 0 Å². The monoisotopic (exact) mass is 432 g/mol. The fourth-order valence-corrected chi connectivity index (χ4v) is 4.92. The Morgan fingerprint density at radius 1 is 1.03 bits per heavy atom. The van der Waals surface area contributed by atoms with Crippen LogP contribution in [-0.4, -0.2) is 45.2 Å². The van der Waals surface area contributed by atoms with Crippen molar-refractivity contribution in [2.24, 2.45) is 0 Å². The standard InChI is InChI=1S/C21H24N2O4S2/c1-2-3-4-5-8-12-22-15-10-7-6-9-14(15)17(19(22)26)18-20(27)23(21(28)29-18)13-11-16(24)25/h6-7,9-10H,2-5,8,11-13H2,1H3,(H,24,25)/b18-17+. The van der Waals surface area contributed by atoms with Crippen molar-refractivity contribution in [1.82, 2.24) is 4.90 Å². The molecule has 29 heavy (non-hydrogen) atoms. The van der Waals surface area contributed by atoms with Gasteiger partial charge in [0, 0.05) is 18.7 Å². The molecule has 0 radical (unpaired) electrons. The van der Waals surface area contributed by atoms with Gasteiger partial charge in [-0.05, 0) is 12.5 Å². The van der Waals surface area contributed by atoms with Gasteiger partial charge in [-0.15, -0.1) is 0 Å². The minimum absolute atomic E-state index is 0.00770. The molecule has 6 nitrogen and oxygen atoms in total. The predicted molar refractivity (Wildman–Crippen MR) is 119 cm³/mol. The number of para-hydroxylation sites is 1. The number of carboxylic acids is 1. The third-order valence-electron chi connectivity index (χ3n) is 5.03. The number of carbonyl (C=O) groups is 3. The van der Waals surface area contributed by atoms with E-state index in [1.165, 1.54) is 17.7 Å². The highest BCUT2D eigenvalue weighted by atomic mass is 32.2. The fourth-order valence-electron chi connectivity index (χ4n) is 3.54. The molecule has 8 heteroatoms. The van der Waals surface area contributed by atoms with Gasteiger partial charge in [0.25, 0.3) is 11.8 Å². The maximum Gasteiger partial charge on any atom is 0.305 e. The molecule has 2 aliphatic rings. The van der Waals surface area contributed by atoms with E-state index in [2.05, 4.69) is 6.92 Å². The number of carbonyl (C=O) groups excluding carboxylic acids is 2. The van der Waals surface area contributed by atoms with E-state index in [0.717, 1.165) is 42.3 Å². The molecule has 2 amide bonds. The van der Waals surface area contributed by atoms with Crippen LogP contribution < -0.4 is 4.90 Å². The molecular weight excluding hydrogens is 408 g/mol. The topological polar surface area (TPSA) is 77.9 Å². The highest BCUT2D eigenvalue weighted by Crippen LogP contribution is 2.44. The maximum atomic E-state index is 13.2. The lowest BCUT2D eigenvalue weighted by atomic mass is 10.1. The molecule has 0 saturated carbocycles. The van der Waals surface area contributed by atoms with Crippen LogP contribution >= 0.6 is 24.0 Å². The fraction of sp³-hybridized carbons (Fsp3) is 0.429. The van der Waals surface area contributed by atoms with Crippen molar-refractivity contribution < 1.29 is 19.5 Å². The average Bonchev–Trinajstić information content (AvgIpc) is 3.12. The van der Waals surface area contributed by atoms with Gasteiger partial charge in [-0.2, -0.15) is 0 Å². The van der Waals surface area contributed by atoms with Crippen LogP contribution in [0.5, 0.6) is 0 Å². The Bertz CT molecular complexity index is 881. The zero-order valence-corrected chi connectivity index (χ0v) is 18.0. The van der Waals surface area contributed by atoms with Gasteiger partial charge in [0.2, 0.25) is 0 Å². The molecule has 154 valence electrons. The molecule has 0 atom stereocenters. The van der Waals surface area contributed by atoms with Crippen molar-refractivity contribution >= 4 is 57.3 Å². The number of carboxylic acid groups (broad SMARTS) is 1. The summed E-state index contributed by atoms with van der Waals surface area (Å²) >= 11 is 6.36. The van der Waals surface area contributed by atoms with Gasteiger partial charge in [0.1, 0.15) is 4.32 Å². The van der Waals surface area contributed by atoms with Crippen LogP contribution in [0.1, 0.15) is 51.0 Å². The quantitative estimate of drug-likeness (QED) is 0.360. The number of nitrogens with zero attached hydrogens (tertiary/aromatic N) is 2. The third kappa shape index (κ3) is 4.53. The molecule has 1 N–H and O–H groups in total. The summed E-state index contributed by atoms with van der Waals surface area (Å²) in [5, 5.41) is 8.91.